The van der Waals surface area contributed by atoms with Crippen molar-refractivity contribution in [3.63, 3.8) is 0 Å². The van der Waals surface area contributed by atoms with E-state index in [4.69, 9.17) is 23.7 Å². The summed E-state index contributed by atoms with van der Waals surface area (Å²) in [6.07, 6.45) is 1.67. The van der Waals surface area contributed by atoms with Crippen LogP contribution in [0.2, 0.25) is 0 Å². The first-order valence-corrected chi connectivity index (χ1v) is 17.4. The molecule has 0 bridgehead atoms. The van der Waals surface area contributed by atoms with E-state index in [-0.39, 0.29) is 37.8 Å². The summed E-state index contributed by atoms with van der Waals surface area (Å²) in [5, 5.41) is 0. The Kier molecular flexibility index (Phi) is 12.0. The normalized spacial score (nSPS) is 14.1. The Balaban J connectivity index is 1.66. The first kappa shape index (κ1) is 36.6. The van der Waals surface area contributed by atoms with Gasteiger partial charge in [-0.3, -0.25) is 9.36 Å². The second kappa shape index (κ2) is 16.3. The maximum Gasteiger partial charge on any atom is 0.343 e. The molecule has 0 N–H and O–H groups in total. The van der Waals surface area contributed by atoms with Crippen LogP contribution in [-0.2, 0) is 25.7 Å². The molecule has 2 heterocycles. The largest absolute Gasteiger partial charge is 0.493 e. The van der Waals surface area contributed by atoms with Gasteiger partial charge in [0.15, 0.2) is 34.4 Å². The van der Waals surface area contributed by atoms with Gasteiger partial charge in [-0.15, -0.1) is 0 Å². The summed E-state index contributed by atoms with van der Waals surface area (Å²) < 4.78 is 50.3. The quantitative estimate of drug-likeness (QED) is 0.134. The Hall–Kier alpha value is -4.70. The second-order valence-corrected chi connectivity index (χ2v) is 13.0. The van der Waals surface area contributed by atoms with Crippen molar-refractivity contribution in [2.24, 2.45) is 4.99 Å². The van der Waals surface area contributed by atoms with Gasteiger partial charge in [-0.05, 0) is 85.3 Å². The Morgan fingerprint density at radius 2 is 1.78 bits per heavy atom. The van der Waals surface area contributed by atoms with E-state index in [2.05, 4.69) is 32.3 Å². The molecule has 262 valence electrons. The van der Waals surface area contributed by atoms with Gasteiger partial charge in [0.1, 0.15) is 12.4 Å². The van der Waals surface area contributed by atoms with E-state index in [1.807, 2.05) is 6.07 Å². The lowest BCUT2D eigenvalue weighted by Gasteiger charge is -2.25. The van der Waals surface area contributed by atoms with E-state index in [0.29, 0.717) is 49.0 Å². The molecule has 50 heavy (non-hydrogen) atoms. The number of aromatic nitrogens is 1. The minimum absolute atomic E-state index is 0.0741. The van der Waals surface area contributed by atoms with Crippen LogP contribution in [0.15, 0.2) is 75.7 Å². The van der Waals surface area contributed by atoms with Crippen LogP contribution in [0.4, 0.5) is 4.39 Å². The van der Waals surface area contributed by atoms with Crippen molar-refractivity contribution in [3.8, 4) is 23.0 Å². The molecular formula is C36H34FIN2O9S. The fraction of sp³-hybridized carbons (Fsp3) is 0.278. The van der Waals surface area contributed by atoms with E-state index >= 15 is 0 Å². The molecule has 14 heteroatoms. The summed E-state index contributed by atoms with van der Waals surface area (Å²) >= 11 is 3.28. The number of carbonyl (C=O) groups excluding carboxylic acids is 2. The summed E-state index contributed by atoms with van der Waals surface area (Å²) in [6, 6.07) is 13.9. The Labute approximate surface area is 304 Å². The highest BCUT2D eigenvalue weighted by Gasteiger charge is 2.34. The number of carbonyl (C=O) groups is 2. The smallest absolute Gasteiger partial charge is 0.343 e. The predicted molar refractivity (Wildman–Crippen MR) is 192 cm³/mol. The number of hydrogen-bond acceptors (Lipinski definition) is 11. The number of benzene rings is 3. The van der Waals surface area contributed by atoms with E-state index in [1.54, 1.807) is 69.3 Å². The number of hydrogen-bond donors (Lipinski definition) is 0. The zero-order chi connectivity index (χ0) is 35.9. The number of ether oxygens (including phenoxy) is 6. The maximum absolute atomic E-state index is 14.4. The molecule has 0 spiro atoms. The molecule has 3 aromatic carbocycles. The average molecular weight is 817 g/mol. The number of halogens is 2. The third-order valence-electron chi connectivity index (χ3n) is 7.56. The van der Waals surface area contributed by atoms with Gasteiger partial charge in [-0.2, -0.15) is 0 Å². The SMILES string of the molecule is CCOC(=O)C1=C(C)N=c2s/c(=C/c3cc(I)cc(OC)c3OCc3ccccc3F)c(=O)n2[C@H]1c1ccc(OCC(=O)OC)c(OCC)c1. The van der Waals surface area contributed by atoms with Crippen molar-refractivity contribution in [2.45, 2.75) is 33.4 Å². The average Bonchev–Trinajstić information content (AvgIpc) is 3.40. The third kappa shape index (κ3) is 7.86. The maximum atomic E-state index is 14.4. The second-order valence-electron chi connectivity index (χ2n) is 10.7. The predicted octanol–water partition coefficient (Wildman–Crippen LogP) is 5.08. The Bertz CT molecular complexity index is 2140. The van der Waals surface area contributed by atoms with Crippen molar-refractivity contribution in [1.82, 2.24) is 4.57 Å². The molecule has 4 aromatic rings. The van der Waals surface area contributed by atoms with Gasteiger partial charge in [-0.25, -0.2) is 19.0 Å². The fourth-order valence-electron chi connectivity index (χ4n) is 5.29. The lowest BCUT2D eigenvalue weighted by molar-refractivity contribution is -0.143. The first-order chi connectivity index (χ1) is 24.1. The van der Waals surface area contributed by atoms with Gasteiger partial charge in [0.2, 0.25) is 0 Å². The van der Waals surface area contributed by atoms with Crippen molar-refractivity contribution < 1.29 is 42.4 Å². The van der Waals surface area contributed by atoms with Crippen LogP contribution in [0.25, 0.3) is 6.08 Å². The minimum atomic E-state index is -0.941. The molecule has 0 saturated carbocycles. The summed E-state index contributed by atoms with van der Waals surface area (Å²) in [4.78, 5) is 44.6. The summed E-state index contributed by atoms with van der Waals surface area (Å²) in [7, 11) is 2.76. The van der Waals surface area contributed by atoms with E-state index < -0.39 is 29.4 Å². The lowest BCUT2D eigenvalue weighted by Crippen LogP contribution is -2.40. The van der Waals surface area contributed by atoms with Gasteiger partial charge in [-0.1, -0.05) is 35.6 Å². The molecule has 5 rings (SSSR count). The van der Waals surface area contributed by atoms with Crippen LogP contribution in [0, 0.1) is 9.39 Å². The highest BCUT2D eigenvalue weighted by atomic mass is 127. The van der Waals surface area contributed by atoms with Crippen LogP contribution in [0.5, 0.6) is 23.0 Å². The van der Waals surface area contributed by atoms with Crippen LogP contribution in [0.1, 0.15) is 43.5 Å². The van der Waals surface area contributed by atoms with Crippen LogP contribution >= 0.6 is 33.9 Å². The number of thiazole rings is 1. The number of fused-ring (bicyclic) bond motifs is 1. The highest BCUT2D eigenvalue weighted by molar-refractivity contribution is 14.1. The molecule has 1 aliphatic rings. The number of allylic oxidation sites excluding steroid dienone is 1. The molecule has 11 nitrogen and oxygen atoms in total. The van der Waals surface area contributed by atoms with Gasteiger partial charge < -0.3 is 28.4 Å². The van der Waals surface area contributed by atoms with E-state index in [9.17, 15) is 18.8 Å². The molecule has 1 atom stereocenters. The minimum Gasteiger partial charge on any atom is -0.493 e. The first-order valence-electron chi connectivity index (χ1n) is 15.5. The molecule has 0 aliphatic carbocycles. The number of rotatable bonds is 13. The molecule has 0 radical (unpaired) electrons. The molecule has 0 amide bonds. The summed E-state index contributed by atoms with van der Waals surface area (Å²) in [5.74, 6) is -0.287. The van der Waals surface area contributed by atoms with Gasteiger partial charge in [0.25, 0.3) is 5.56 Å². The number of esters is 2. The van der Waals surface area contributed by atoms with Crippen molar-refractivity contribution in [2.75, 3.05) is 34.0 Å². The standard InChI is InChI=1S/C36H34FIN2O9S/c1-6-46-27-15-21(12-13-26(27)48-19-30(41)45-5)32-31(35(43)47-7-2)20(3)39-36-40(32)34(42)29(50-36)16-23-14-24(38)17-28(44-4)33(23)49-18-22-10-8-9-11-25(22)37/h8-17,32H,6-7,18-19H2,1-5H3/b29-16+/t32-/m0/s1. The Morgan fingerprint density at radius 1 is 1.00 bits per heavy atom. The Morgan fingerprint density at radius 3 is 2.48 bits per heavy atom. The van der Waals surface area contributed by atoms with E-state index in [0.717, 1.165) is 14.9 Å². The molecule has 0 unspecified atom stereocenters. The van der Waals surface area contributed by atoms with E-state index in [1.165, 1.54) is 24.9 Å². The summed E-state index contributed by atoms with van der Waals surface area (Å²) in [6.45, 7) is 5.15. The fourth-order valence-corrected chi connectivity index (χ4v) is 6.95. The van der Waals surface area contributed by atoms with Gasteiger partial charge >= 0.3 is 11.9 Å². The molecular weight excluding hydrogens is 782 g/mol. The zero-order valence-corrected chi connectivity index (χ0v) is 30.9. The monoisotopic (exact) mass is 816 g/mol. The van der Waals surface area contributed by atoms with Crippen molar-refractivity contribution >= 4 is 51.9 Å². The van der Waals surface area contributed by atoms with Crippen LogP contribution in [0.3, 0.4) is 0 Å². The van der Waals surface area contributed by atoms with Crippen molar-refractivity contribution in [3.05, 3.63) is 112 Å². The summed E-state index contributed by atoms with van der Waals surface area (Å²) in [5.41, 5.74) is 1.55. The topological polar surface area (TPSA) is 124 Å². The van der Waals surface area contributed by atoms with Crippen LogP contribution < -0.4 is 33.8 Å². The van der Waals surface area contributed by atoms with Crippen molar-refractivity contribution in [1.29, 1.82) is 0 Å². The third-order valence-corrected chi connectivity index (χ3v) is 9.16. The molecule has 1 aliphatic heterocycles. The number of nitrogens with zero attached hydrogens (tertiary/aromatic N) is 2. The molecule has 0 fully saturated rings. The van der Waals surface area contributed by atoms with Gasteiger partial charge in [0, 0.05) is 14.7 Å². The zero-order valence-electron chi connectivity index (χ0n) is 27.9. The number of methoxy groups -OCH3 is 2. The van der Waals surface area contributed by atoms with Gasteiger partial charge in [0.05, 0.1) is 49.3 Å². The molecule has 0 saturated heterocycles. The highest BCUT2D eigenvalue weighted by Crippen LogP contribution is 2.37. The van der Waals surface area contributed by atoms with Crippen LogP contribution in [-0.4, -0.2) is 50.5 Å². The molecule has 1 aromatic heterocycles. The lowest BCUT2D eigenvalue weighted by atomic mass is 9.95.